The number of aromatic nitrogens is 1. The van der Waals surface area contributed by atoms with Gasteiger partial charge in [0.25, 0.3) is 5.88 Å². The topological polar surface area (TPSA) is 63.7 Å². The Morgan fingerprint density at radius 3 is 2.67 bits per heavy atom. The summed E-state index contributed by atoms with van der Waals surface area (Å²) in [7, 11) is 0. The molecule has 2 heterocycles. The van der Waals surface area contributed by atoms with Gasteiger partial charge in [-0.05, 0) is 36.6 Å². The van der Waals surface area contributed by atoms with Gasteiger partial charge < -0.3 is 19.7 Å². The molecule has 0 bridgehead atoms. The monoisotopic (exact) mass is 415 g/mol. The third-order valence-corrected chi connectivity index (χ3v) is 4.98. The second-order valence-electron chi connectivity index (χ2n) is 8.12. The van der Waals surface area contributed by atoms with Crippen LogP contribution < -0.4 is 19.7 Å². The molecule has 2 aromatic rings. The van der Waals surface area contributed by atoms with E-state index in [1.54, 1.807) is 12.3 Å². The summed E-state index contributed by atoms with van der Waals surface area (Å²) in [6, 6.07) is 9.33. The van der Waals surface area contributed by atoms with E-state index in [0.29, 0.717) is 31.3 Å². The molecule has 1 fully saturated rings. The first-order chi connectivity index (χ1) is 14.3. The maximum atomic E-state index is 14.8. The zero-order valence-electron chi connectivity index (χ0n) is 18.0. The predicted molar refractivity (Wildman–Crippen MR) is 114 cm³/mol. The highest BCUT2D eigenvalue weighted by atomic mass is 19.1. The summed E-state index contributed by atoms with van der Waals surface area (Å²) >= 11 is 0. The van der Waals surface area contributed by atoms with E-state index in [2.05, 4.69) is 10.3 Å². The zero-order chi connectivity index (χ0) is 21.7. The van der Waals surface area contributed by atoms with E-state index in [1.807, 2.05) is 49.9 Å². The third kappa shape index (κ3) is 5.62. The van der Waals surface area contributed by atoms with Crippen LogP contribution in [-0.4, -0.2) is 36.7 Å². The number of halogens is 1. The SMILES string of the molecule is CC(=O)N[C@@H](C)c1ccc(O[C@@H]2CCN(c3ccnc(OCC(C)C)c3F)C2)cc1. The Hall–Kier alpha value is -2.83. The average Bonchev–Trinajstić information content (AvgIpc) is 3.15. The van der Waals surface area contributed by atoms with Crippen LogP contribution in [0.4, 0.5) is 10.1 Å². The zero-order valence-corrected chi connectivity index (χ0v) is 18.0. The number of rotatable bonds is 8. The van der Waals surface area contributed by atoms with Crippen LogP contribution in [-0.2, 0) is 4.79 Å². The molecule has 7 heteroatoms. The van der Waals surface area contributed by atoms with Crippen molar-refractivity contribution in [2.45, 2.75) is 46.3 Å². The number of nitrogens with one attached hydrogen (secondary N) is 1. The number of carbonyl (C=O) groups is 1. The van der Waals surface area contributed by atoms with Crippen LogP contribution in [0.15, 0.2) is 36.5 Å². The molecule has 0 aliphatic carbocycles. The minimum absolute atomic E-state index is 0.0313. The number of carbonyl (C=O) groups excluding carboxylic acids is 1. The average molecular weight is 416 g/mol. The Balaban J connectivity index is 1.59. The fourth-order valence-corrected chi connectivity index (χ4v) is 3.46. The molecule has 0 radical (unpaired) electrons. The lowest BCUT2D eigenvalue weighted by molar-refractivity contribution is -0.119. The van der Waals surface area contributed by atoms with Crippen LogP contribution in [0.3, 0.4) is 0 Å². The van der Waals surface area contributed by atoms with E-state index < -0.39 is 5.82 Å². The lowest BCUT2D eigenvalue weighted by atomic mass is 10.1. The summed E-state index contributed by atoms with van der Waals surface area (Å²) in [6.45, 7) is 9.19. The number of benzene rings is 1. The summed E-state index contributed by atoms with van der Waals surface area (Å²) in [5, 5.41) is 2.86. The van der Waals surface area contributed by atoms with Crippen molar-refractivity contribution in [3.63, 3.8) is 0 Å². The molecule has 1 N–H and O–H groups in total. The molecule has 1 aromatic carbocycles. The molecule has 3 rings (SSSR count). The van der Waals surface area contributed by atoms with Gasteiger partial charge in [-0.25, -0.2) is 4.98 Å². The fraction of sp³-hybridized carbons (Fsp3) is 0.478. The number of hydrogen-bond acceptors (Lipinski definition) is 5. The Bertz CT molecular complexity index is 857. The lowest BCUT2D eigenvalue weighted by Gasteiger charge is -2.21. The van der Waals surface area contributed by atoms with Crippen LogP contribution >= 0.6 is 0 Å². The van der Waals surface area contributed by atoms with Gasteiger partial charge in [-0.2, -0.15) is 4.39 Å². The van der Waals surface area contributed by atoms with Crippen molar-refractivity contribution in [3.05, 3.63) is 47.9 Å². The van der Waals surface area contributed by atoms with Crippen molar-refractivity contribution in [1.82, 2.24) is 10.3 Å². The largest absolute Gasteiger partial charge is 0.489 e. The Morgan fingerprint density at radius 2 is 2.00 bits per heavy atom. The van der Waals surface area contributed by atoms with Gasteiger partial charge in [0.05, 0.1) is 24.9 Å². The molecule has 6 nitrogen and oxygen atoms in total. The normalized spacial score (nSPS) is 17.1. The Labute approximate surface area is 177 Å². The van der Waals surface area contributed by atoms with Crippen molar-refractivity contribution in [2.75, 3.05) is 24.6 Å². The number of pyridine rings is 1. The number of amides is 1. The van der Waals surface area contributed by atoms with E-state index in [9.17, 15) is 9.18 Å². The minimum Gasteiger partial charge on any atom is -0.489 e. The summed E-state index contributed by atoms with van der Waals surface area (Å²) in [6.07, 6.45) is 2.35. The minimum atomic E-state index is -0.421. The van der Waals surface area contributed by atoms with Crippen LogP contribution in [0.5, 0.6) is 11.6 Å². The predicted octanol–water partition coefficient (Wildman–Crippen LogP) is 4.11. The Morgan fingerprint density at radius 1 is 1.27 bits per heavy atom. The lowest BCUT2D eigenvalue weighted by Crippen LogP contribution is -2.25. The molecule has 162 valence electrons. The van der Waals surface area contributed by atoms with Crippen molar-refractivity contribution >= 4 is 11.6 Å². The van der Waals surface area contributed by atoms with Crippen LogP contribution in [0.2, 0.25) is 0 Å². The molecule has 1 aromatic heterocycles. The van der Waals surface area contributed by atoms with Gasteiger partial charge >= 0.3 is 0 Å². The van der Waals surface area contributed by atoms with Gasteiger partial charge in [0.2, 0.25) is 11.7 Å². The van der Waals surface area contributed by atoms with Crippen molar-refractivity contribution < 1.29 is 18.7 Å². The summed E-state index contributed by atoms with van der Waals surface area (Å²) < 4.78 is 26.4. The molecular formula is C23H30FN3O3. The highest BCUT2D eigenvalue weighted by Crippen LogP contribution is 2.30. The quantitative estimate of drug-likeness (QED) is 0.703. The van der Waals surface area contributed by atoms with Gasteiger partial charge in [0.15, 0.2) is 0 Å². The summed E-state index contributed by atoms with van der Waals surface area (Å²) in [5.74, 6) is 0.628. The van der Waals surface area contributed by atoms with E-state index in [1.165, 1.54) is 6.92 Å². The molecule has 2 atom stereocenters. The first-order valence-corrected chi connectivity index (χ1v) is 10.4. The maximum Gasteiger partial charge on any atom is 0.252 e. The van der Waals surface area contributed by atoms with Gasteiger partial charge in [-0.3, -0.25) is 4.79 Å². The standard InChI is InChI=1S/C23H30FN3O3/c1-15(2)14-29-23-22(24)21(9-11-25-23)27-12-10-20(13-27)30-19-7-5-18(6-8-19)16(3)26-17(4)28/h5-9,11,15-16,20H,10,12-14H2,1-4H3,(H,26,28)/t16-,20+/m0/s1. The summed E-state index contributed by atoms with van der Waals surface area (Å²) in [5.41, 5.74) is 1.51. The molecular weight excluding hydrogens is 385 g/mol. The Kier molecular flexibility index (Phi) is 7.13. The van der Waals surface area contributed by atoms with Crippen molar-refractivity contribution in [1.29, 1.82) is 0 Å². The van der Waals surface area contributed by atoms with Gasteiger partial charge in [-0.15, -0.1) is 0 Å². The first kappa shape index (κ1) is 21.9. The number of ether oxygens (including phenoxy) is 2. The van der Waals surface area contributed by atoms with Gasteiger partial charge in [0.1, 0.15) is 11.9 Å². The van der Waals surface area contributed by atoms with E-state index in [4.69, 9.17) is 9.47 Å². The molecule has 1 amide bonds. The first-order valence-electron chi connectivity index (χ1n) is 10.4. The van der Waals surface area contributed by atoms with Crippen LogP contribution in [0, 0.1) is 11.7 Å². The smallest absolute Gasteiger partial charge is 0.252 e. The second kappa shape index (κ2) is 9.78. The number of nitrogens with zero attached hydrogens (tertiary/aromatic N) is 2. The number of anilines is 1. The molecule has 0 spiro atoms. The molecule has 1 saturated heterocycles. The third-order valence-electron chi connectivity index (χ3n) is 4.98. The van der Waals surface area contributed by atoms with E-state index >= 15 is 0 Å². The fourth-order valence-electron chi connectivity index (χ4n) is 3.46. The maximum absolute atomic E-state index is 14.8. The molecule has 0 unspecified atom stereocenters. The van der Waals surface area contributed by atoms with E-state index in [0.717, 1.165) is 17.7 Å². The second-order valence-corrected chi connectivity index (χ2v) is 8.12. The molecule has 1 aliphatic rings. The van der Waals surface area contributed by atoms with E-state index in [-0.39, 0.29) is 23.9 Å². The van der Waals surface area contributed by atoms with Crippen molar-refractivity contribution in [2.24, 2.45) is 5.92 Å². The molecule has 1 aliphatic heterocycles. The van der Waals surface area contributed by atoms with Crippen molar-refractivity contribution in [3.8, 4) is 11.6 Å². The summed E-state index contributed by atoms with van der Waals surface area (Å²) in [4.78, 5) is 17.2. The highest BCUT2D eigenvalue weighted by Gasteiger charge is 2.27. The molecule has 30 heavy (non-hydrogen) atoms. The van der Waals surface area contributed by atoms with Gasteiger partial charge in [-0.1, -0.05) is 26.0 Å². The van der Waals surface area contributed by atoms with Gasteiger partial charge in [0, 0.05) is 26.1 Å². The number of hydrogen-bond donors (Lipinski definition) is 1. The molecule has 0 saturated carbocycles. The van der Waals surface area contributed by atoms with Crippen LogP contribution in [0.1, 0.15) is 45.7 Å². The van der Waals surface area contributed by atoms with Crippen LogP contribution in [0.25, 0.3) is 0 Å². The highest BCUT2D eigenvalue weighted by molar-refractivity contribution is 5.73.